The van der Waals surface area contributed by atoms with Gasteiger partial charge in [0.05, 0.1) is 27.8 Å². The zero-order valence-electron chi connectivity index (χ0n) is 14.6. The van der Waals surface area contributed by atoms with E-state index in [4.69, 9.17) is 27.6 Å². The van der Waals surface area contributed by atoms with Crippen molar-refractivity contribution in [2.75, 3.05) is 5.32 Å². The molecule has 0 aliphatic carbocycles. The quantitative estimate of drug-likeness (QED) is 0.466. The average molecular weight is 438 g/mol. The molecule has 4 aromatic rings. The van der Waals surface area contributed by atoms with Crippen molar-refractivity contribution in [1.82, 2.24) is 14.8 Å². The summed E-state index contributed by atoms with van der Waals surface area (Å²) in [6.45, 7) is 2.40. The highest BCUT2D eigenvalue weighted by Gasteiger charge is 2.19. The minimum Gasteiger partial charge on any atom is -0.459 e. The first-order chi connectivity index (χ1) is 13.0. The van der Waals surface area contributed by atoms with Crippen LogP contribution in [-0.2, 0) is 6.54 Å². The number of hydrogen-bond acceptors (Lipinski definition) is 4. The molecular weight excluding hydrogens is 423 g/mol. The maximum absolute atomic E-state index is 12.7. The smallest absolute Gasteiger partial charge is 0.258 e. The number of benzene rings is 2. The highest BCUT2D eigenvalue weighted by Crippen LogP contribution is 2.33. The van der Waals surface area contributed by atoms with Gasteiger partial charge in [-0.3, -0.25) is 4.79 Å². The standard InChI is InChI=1S/C19H14Cl2N4O2.ClH/c1-11-13(8-25-10-22-9-23-25)12-4-2-7-16(18(12)27-11)24-19(26)17-14(20)5-3-6-15(17)21;/h2-7,9-10H,8H2,1H3,(H,24,26);1H. The van der Waals surface area contributed by atoms with E-state index in [0.717, 1.165) is 16.7 Å². The Morgan fingerprint density at radius 1 is 1.18 bits per heavy atom. The Morgan fingerprint density at radius 2 is 1.89 bits per heavy atom. The van der Waals surface area contributed by atoms with E-state index in [1.165, 1.54) is 6.33 Å². The number of nitrogens with one attached hydrogen (secondary N) is 1. The second kappa shape index (κ2) is 8.22. The number of nitrogens with zero attached hydrogens (tertiary/aromatic N) is 3. The number of anilines is 1. The average Bonchev–Trinajstić information content (AvgIpc) is 3.24. The van der Waals surface area contributed by atoms with E-state index in [2.05, 4.69) is 15.4 Å². The highest BCUT2D eigenvalue weighted by molar-refractivity contribution is 6.40. The third-order valence-electron chi connectivity index (χ3n) is 4.24. The van der Waals surface area contributed by atoms with Gasteiger partial charge in [0.25, 0.3) is 5.91 Å². The van der Waals surface area contributed by atoms with Gasteiger partial charge >= 0.3 is 0 Å². The van der Waals surface area contributed by atoms with Gasteiger partial charge in [-0.2, -0.15) is 5.10 Å². The molecule has 0 aliphatic rings. The number of amides is 1. The SMILES string of the molecule is Cc1oc2c(NC(=O)c3c(Cl)cccc3Cl)cccc2c1Cn1cncn1.Cl. The maximum Gasteiger partial charge on any atom is 0.258 e. The predicted molar refractivity (Wildman–Crippen MR) is 112 cm³/mol. The van der Waals surface area contributed by atoms with Crippen LogP contribution in [0, 0.1) is 6.92 Å². The van der Waals surface area contributed by atoms with Crippen LogP contribution < -0.4 is 5.32 Å². The van der Waals surface area contributed by atoms with Crippen LogP contribution in [-0.4, -0.2) is 20.7 Å². The lowest BCUT2D eigenvalue weighted by Crippen LogP contribution is -2.13. The zero-order valence-corrected chi connectivity index (χ0v) is 17.0. The van der Waals surface area contributed by atoms with Crippen LogP contribution in [0.4, 0.5) is 5.69 Å². The zero-order chi connectivity index (χ0) is 19.0. The van der Waals surface area contributed by atoms with Crippen LogP contribution in [0.25, 0.3) is 11.0 Å². The number of furan rings is 1. The third kappa shape index (κ3) is 3.71. The van der Waals surface area contributed by atoms with Gasteiger partial charge in [0, 0.05) is 10.9 Å². The van der Waals surface area contributed by atoms with Gasteiger partial charge in [-0.05, 0) is 25.1 Å². The molecule has 9 heteroatoms. The minimum atomic E-state index is -0.398. The molecule has 2 aromatic carbocycles. The molecule has 0 saturated heterocycles. The molecule has 0 bridgehead atoms. The van der Waals surface area contributed by atoms with Gasteiger partial charge in [-0.1, -0.05) is 41.4 Å². The lowest BCUT2D eigenvalue weighted by Gasteiger charge is -2.09. The van der Waals surface area contributed by atoms with Crippen molar-refractivity contribution in [2.45, 2.75) is 13.5 Å². The normalized spacial score (nSPS) is 10.7. The van der Waals surface area contributed by atoms with E-state index in [9.17, 15) is 4.79 Å². The first-order valence-electron chi connectivity index (χ1n) is 8.13. The second-order valence-electron chi connectivity index (χ2n) is 5.96. The van der Waals surface area contributed by atoms with Crippen LogP contribution >= 0.6 is 35.6 Å². The number of aromatic nitrogens is 3. The highest BCUT2D eigenvalue weighted by atomic mass is 35.5. The summed E-state index contributed by atoms with van der Waals surface area (Å²) in [5.74, 6) is 0.350. The molecule has 6 nitrogen and oxygen atoms in total. The van der Waals surface area contributed by atoms with Gasteiger partial charge in [0.1, 0.15) is 18.4 Å². The summed E-state index contributed by atoms with van der Waals surface area (Å²) in [6.07, 6.45) is 3.12. The summed E-state index contributed by atoms with van der Waals surface area (Å²) >= 11 is 12.3. The number of hydrogen-bond donors (Lipinski definition) is 1. The van der Waals surface area contributed by atoms with Crippen LogP contribution in [0.5, 0.6) is 0 Å². The van der Waals surface area contributed by atoms with Crippen molar-refractivity contribution in [3.05, 3.63) is 76.0 Å². The molecule has 0 spiro atoms. The molecule has 0 fully saturated rings. The van der Waals surface area contributed by atoms with Crippen LogP contribution in [0.2, 0.25) is 10.0 Å². The lowest BCUT2D eigenvalue weighted by molar-refractivity contribution is 0.102. The van der Waals surface area contributed by atoms with E-state index in [1.54, 1.807) is 35.3 Å². The van der Waals surface area contributed by atoms with Gasteiger partial charge in [0.15, 0.2) is 5.58 Å². The molecule has 4 rings (SSSR count). The molecule has 2 heterocycles. The summed E-state index contributed by atoms with van der Waals surface area (Å²) in [5.41, 5.74) is 2.33. The molecule has 0 unspecified atom stereocenters. The summed E-state index contributed by atoms with van der Waals surface area (Å²) in [4.78, 5) is 16.7. The Labute approximate surface area is 176 Å². The molecule has 2 aromatic heterocycles. The fourth-order valence-electron chi connectivity index (χ4n) is 2.96. The van der Waals surface area contributed by atoms with Crippen LogP contribution in [0.15, 0.2) is 53.5 Å². The Bertz CT molecular complexity index is 1120. The Morgan fingerprint density at radius 3 is 2.57 bits per heavy atom. The van der Waals surface area contributed by atoms with Gasteiger partial charge in [-0.15, -0.1) is 12.4 Å². The summed E-state index contributed by atoms with van der Waals surface area (Å²) < 4.78 is 7.65. The number of carbonyl (C=O) groups is 1. The minimum absolute atomic E-state index is 0. The van der Waals surface area contributed by atoms with Crippen molar-refractivity contribution in [2.24, 2.45) is 0 Å². The number of halogens is 3. The molecule has 0 aliphatic heterocycles. The van der Waals surface area contributed by atoms with Crippen LogP contribution in [0.1, 0.15) is 21.7 Å². The molecule has 1 amide bonds. The van der Waals surface area contributed by atoms with Crippen molar-refractivity contribution >= 4 is 58.2 Å². The molecule has 0 radical (unpaired) electrons. The summed E-state index contributed by atoms with van der Waals surface area (Å²) in [7, 11) is 0. The van der Waals surface area contributed by atoms with Crippen molar-refractivity contribution in [3.8, 4) is 0 Å². The Balaban J connectivity index is 0.00000225. The van der Waals surface area contributed by atoms with Crippen molar-refractivity contribution < 1.29 is 9.21 Å². The number of fused-ring (bicyclic) bond motifs is 1. The van der Waals surface area contributed by atoms with Gasteiger partial charge in [0.2, 0.25) is 0 Å². The largest absolute Gasteiger partial charge is 0.459 e. The maximum atomic E-state index is 12.7. The van der Waals surface area contributed by atoms with Gasteiger partial charge < -0.3 is 9.73 Å². The number of aryl methyl sites for hydroxylation is 1. The van der Waals surface area contributed by atoms with E-state index in [1.807, 2.05) is 19.1 Å². The molecular formula is C19H15Cl3N4O2. The Kier molecular flexibility index (Phi) is 5.93. The Hall–Kier alpha value is -2.54. The number of para-hydroxylation sites is 1. The summed E-state index contributed by atoms with van der Waals surface area (Å²) in [6, 6.07) is 10.5. The lowest BCUT2D eigenvalue weighted by atomic mass is 10.1. The first kappa shape index (κ1) is 20.2. The fraction of sp³-hybridized carbons (Fsp3) is 0.105. The molecule has 0 saturated carbocycles. The van der Waals surface area contributed by atoms with Crippen molar-refractivity contribution in [1.29, 1.82) is 0 Å². The van der Waals surface area contributed by atoms with Gasteiger partial charge in [-0.25, -0.2) is 9.67 Å². The number of carbonyl (C=O) groups excluding carboxylic acids is 1. The topological polar surface area (TPSA) is 73.0 Å². The molecule has 0 atom stereocenters. The van der Waals surface area contributed by atoms with E-state index < -0.39 is 5.91 Å². The summed E-state index contributed by atoms with van der Waals surface area (Å²) in [5, 5.41) is 8.45. The molecule has 28 heavy (non-hydrogen) atoms. The monoisotopic (exact) mass is 436 g/mol. The number of rotatable bonds is 4. The molecule has 144 valence electrons. The third-order valence-corrected chi connectivity index (χ3v) is 4.87. The fourth-order valence-corrected chi connectivity index (χ4v) is 3.53. The first-order valence-corrected chi connectivity index (χ1v) is 8.89. The van der Waals surface area contributed by atoms with Crippen molar-refractivity contribution in [3.63, 3.8) is 0 Å². The molecule has 1 N–H and O–H groups in total. The predicted octanol–water partition coefficient (Wildman–Crippen LogP) is 5.36. The van der Waals surface area contributed by atoms with Crippen LogP contribution in [0.3, 0.4) is 0 Å². The van der Waals surface area contributed by atoms with E-state index in [0.29, 0.717) is 17.8 Å². The van der Waals surface area contributed by atoms with E-state index in [-0.39, 0.29) is 28.0 Å². The second-order valence-corrected chi connectivity index (χ2v) is 6.78. The van der Waals surface area contributed by atoms with E-state index >= 15 is 0 Å².